The van der Waals surface area contributed by atoms with Crippen LogP contribution in [0.2, 0.25) is 0 Å². The minimum atomic E-state index is 0. The Kier molecular flexibility index (Phi) is 5.50. The van der Waals surface area contributed by atoms with E-state index in [4.69, 9.17) is 0 Å². The first-order chi connectivity index (χ1) is 7.34. The third kappa shape index (κ3) is 3.95. The summed E-state index contributed by atoms with van der Waals surface area (Å²) < 4.78 is 0. The van der Waals surface area contributed by atoms with Crippen LogP contribution in [-0.2, 0) is 32.7 Å². The molecule has 0 amide bonds. The Labute approximate surface area is 121 Å². The maximum absolute atomic E-state index is 4.13. The van der Waals surface area contributed by atoms with Crippen molar-refractivity contribution in [3.05, 3.63) is 60.2 Å². The summed E-state index contributed by atoms with van der Waals surface area (Å²) in [6, 6.07) is 18.3. The third-order valence-electron chi connectivity index (χ3n) is 2.02. The molecule has 0 aliphatic heterocycles. The molecule has 74 valence electrons. The van der Waals surface area contributed by atoms with Crippen LogP contribution in [0.4, 0.5) is 11.4 Å². The van der Waals surface area contributed by atoms with Crippen molar-refractivity contribution in [1.82, 2.24) is 0 Å². The molecule has 0 saturated carbocycles. The van der Waals surface area contributed by atoms with E-state index < -0.39 is 0 Å². The molecule has 0 unspecified atom stereocenters. The summed E-state index contributed by atoms with van der Waals surface area (Å²) in [6.45, 7) is 2.05. The monoisotopic (exact) mass is 284 g/mol. The van der Waals surface area contributed by atoms with Gasteiger partial charge in [0.15, 0.2) is 0 Å². The van der Waals surface area contributed by atoms with E-state index >= 15 is 0 Å². The zero-order valence-corrected chi connectivity index (χ0v) is 11.9. The average Bonchev–Trinajstić information content (AvgIpc) is 2.30. The molecule has 0 saturated heterocycles. The number of aryl methyl sites for hydroxylation is 1. The van der Waals surface area contributed by atoms with Crippen molar-refractivity contribution in [2.75, 3.05) is 0 Å². The van der Waals surface area contributed by atoms with Crippen molar-refractivity contribution in [2.24, 2.45) is 10.2 Å². The molecular formula is C13H11N2Y+2. The normalized spacial score (nSPS) is 10.1. The summed E-state index contributed by atoms with van der Waals surface area (Å²) in [7, 11) is 0. The molecule has 2 rings (SSSR count). The largest absolute Gasteiger partial charge is 3.00 e. The number of hydrogen-bond acceptors (Lipinski definition) is 2. The quantitative estimate of drug-likeness (QED) is 0.583. The van der Waals surface area contributed by atoms with Gasteiger partial charge in [0, 0.05) is 0 Å². The molecule has 0 atom stereocenters. The van der Waals surface area contributed by atoms with Gasteiger partial charge in [0.05, 0.1) is 5.69 Å². The summed E-state index contributed by atoms with van der Waals surface area (Å²) in [4.78, 5) is 0. The average molecular weight is 284 g/mol. The SMILES string of the molecule is Cc1ccc(N=Nc2cc[c-]cc2)cc1.[Y+3]. The minimum absolute atomic E-state index is 0. The zero-order valence-electron chi connectivity index (χ0n) is 9.09. The fraction of sp³-hybridized carbons (Fsp3) is 0.0769. The molecule has 0 N–H and O–H groups in total. The van der Waals surface area contributed by atoms with Crippen LogP contribution in [0.15, 0.2) is 58.8 Å². The fourth-order valence-corrected chi connectivity index (χ4v) is 1.17. The molecule has 2 nitrogen and oxygen atoms in total. The maximum atomic E-state index is 4.13. The predicted octanol–water partition coefficient (Wildman–Crippen LogP) is 4.21. The number of rotatable bonds is 2. The van der Waals surface area contributed by atoms with Crippen LogP contribution in [0.1, 0.15) is 5.56 Å². The summed E-state index contributed by atoms with van der Waals surface area (Å²) in [5.74, 6) is 0. The Hall–Kier alpha value is -0.856. The maximum Gasteiger partial charge on any atom is 3.00 e. The van der Waals surface area contributed by atoms with Gasteiger partial charge in [0.1, 0.15) is 0 Å². The predicted molar refractivity (Wildman–Crippen MR) is 60.6 cm³/mol. The van der Waals surface area contributed by atoms with Gasteiger partial charge in [-0.05, 0) is 24.7 Å². The molecule has 0 fully saturated rings. The van der Waals surface area contributed by atoms with Gasteiger partial charge in [-0.3, -0.25) is 0 Å². The van der Waals surface area contributed by atoms with Gasteiger partial charge in [-0.25, -0.2) is 0 Å². The van der Waals surface area contributed by atoms with Crippen molar-refractivity contribution in [3.8, 4) is 0 Å². The van der Waals surface area contributed by atoms with Crippen LogP contribution in [-0.4, -0.2) is 0 Å². The molecule has 0 heterocycles. The van der Waals surface area contributed by atoms with Crippen LogP contribution < -0.4 is 0 Å². The molecule has 0 radical (unpaired) electrons. The van der Waals surface area contributed by atoms with Gasteiger partial charge >= 0.3 is 32.7 Å². The van der Waals surface area contributed by atoms with Gasteiger partial charge in [-0.2, -0.15) is 28.4 Å². The standard InChI is InChI=1S/C13H11N2.Y/c1-11-7-9-13(10-8-11)15-14-12-5-3-2-4-6-12;/h3-10H,1H3;/q-1;+3. The first kappa shape index (κ1) is 13.2. The third-order valence-corrected chi connectivity index (χ3v) is 2.02. The molecule has 16 heavy (non-hydrogen) atoms. The Morgan fingerprint density at radius 3 is 1.88 bits per heavy atom. The number of hydrogen-bond donors (Lipinski definition) is 0. The van der Waals surface area contributed by atoms with E-state index in [1.165, 1.54) is 5.56 Å². The van der Waals surface area contributed by atoms with Gasteiger partial charge in [0.2, 0.25) is 0 Å². The molecule has 0 aromatic heterocycles. The Bertz CT molecular complexity index is 449. The molecule has 2 aromatic rings. The number of nitrogens with zero attached hydrogens (tertiary/aromatic N) is 2. The minimum Gasteiger partial charge on any atom is -0.184 e. The summed E-state index contributed by atoms with van der Waals surface area (Å²) >= 11 is 0. The first-order valence-electron chi connectivity index (χ1n) is 4.79. The van der Waals surface area contributed by atoms with Crippen molar-refractivity contribution < 1.29 is 32.7 Å². The summed E-state index contributed by atoms with van der Waals surface area (Å²) in [6.07, 6.45) is 0. The molecular weight excluding hydrogens is 273 g/mol. The van der Waals surface area contributed by atoms with Crippen LogP contribution in [0.25, 0.3) is 0 Å². The first-order valence-corrected chi connectivity index (χ1v) is 4.79. The molecule has 0 spiro atoms. The van der Waals surface area contributed by atoms with E-state index in [2.05, 4.69) is 16.3 Å². The van der Waals surface area contributed by atoms with E-state index in [0.29, 0.717) is 0 Å². The van der Waals surface area contributed by atoms with Crippen molar-refractivity contribution in [2.45, 2.75) is 6.92 Å². The zero-order chi connectivity index (χ0) is 10.5. The van der Waals surface area contributed by atoms with E-state index in [0.717, 1.165) is 11.4 Å². The molecule has 0 aliphatic rings. The van der Waals surface area contributed by atoms with Crippen LogP contribution in [0, 0.1) is 13.0 Å². The van der Waals surface area contributed by atoms with Crippen LogP contribution in [0.3, 0.4) is 0 Å². The number of benzene rings is 2. The van der Waals surface area contributed by atoms with Gasteiger partial charge < -0.3 is 0 Å². The van der Waals surface area contributed by atoms with Gasteiger partial charge in [0.25, 0.3) is 0 Å². The van der Waals surface area contributed by atoms with E-state index in [1.807, 2.05) is 55.5 Å². The Morgan fingerprint density at radius 1 is 0.812 bits per heavy atom. The van der Waals surface area contributed by atoms with Crippen molar-refractivity contribution in [3.63, 3.8) is 0 Å². The number of azo groups is 1. The van der Waals surface area contributed by atoms with E-state index in [9.17, 15) is 0 Å². The fourth-order valence-electron chi connectivity index (χ4n) is 1.17. The van der Waals surface area contributed by atoms with Crippen LogP contribution >= 0.6 is 0 Å². The molecule has 0 aliphatic carbocycles. The van der Waals surface area contributed by atoms with E-state index in [1.54, 1.807) is 0 Å². The Balaban J connectivity index is 0.00000128. The van der Waals surface area contributed by atoms with Gasteiger partial charge in [-0.1, -0.05) is 17.7 Å². The second kappa shape index (κ2) is 6.67. The second-order valence-electron chi connectivity index (χ2n) is 3.29. The molecule has 2 aromatic carbocycles. The molecule has 3 heteroatoms. The summed E-state index contributed by atoms with van der Waals surface area (Å²) in [5, 5.41) is 8.24. The van der Waals surface area contributed by atoms with E-state index in [-0.39, 0.29) is 32.7 Å². The Morgan fingerprint density at radius 2 is 1.31 bits per heavy atom. The summed E-state index contributed by atoms with van der Waals surface area (Å²) in [5.41, 5.74) is 2.94. The van der Waals surface area contributed by atoms with Crippen LogP contribution in [0.5, 0.6) is 0 Å². The smallest absolute Gasteiger partial charge is 0.184 e. The van der Waals surface area contributed by atoms with Crippen molar-refractivity contribution >= 4 is 11.4 Å². The second-order valence-corrected chi connectivity index (χ2v) is 3.29. The molecule has 0 bridgehead atoms. The topological polar surface area (TPSA) is 24.7 Å². The van der Waals surface area contributed by atoms with Gasteiger partial charge in [-0.15, -0.1) is 12.1 Å². The van der Waals surface area contributed by atoms with Crippen molar-refractivity contribution in [1.29, 1.82) is 0 Å².